The van der Waals surface area contributed by atoms with Crippen molar-refractivity contribution in [1.29, 1.82) is 0 Å². The summed E-state index contributed by atoms with van der Waals surface area (Å²) in [7, 11) is 0. The molecule has 5 heteroatoms. The van der Waals surface area contributed by atoms with Crippen LogP contribution in [0.1, 0.15) is 22.8 Å². The highest BCUT2D eigenvalue weighted by molar-refractivity contribution is 9.10. The van der Waals surface area contributed by atoms with Crippen molar-refractivity contribution in [1.82, 2.24) is 0 Å². The van der Waals surface area contributed by atoms with Crippen molar-refractivity contribution in [3.8, 4) is 11.5 Å². The van der Waals surface area contributed by atoms with Gasteiger partial charge in [-0.1, -0.05) is 6.92 Å². The highest BCUT2D eigenvalue weighted by atomic mass is 79.9. The lowest BCUT2D eigenvalue weighted by Gasteiger charge is -2.23. The van der Waals surface area contributed by atoms with Gasteiger partial charge in [0, 0.05) is 11.1 Å². The second kappa shape index (κ2) is 5.06. The quantitative estimate of drug-likeness (QED) is 0.866. The van der Waals surface area contributed by atoms with Crippen molar-refractivity contribution in [3.63, 3.8) is 0 Å². The Morgan fingerprint density at radius 1 is 1.41 bits per heavy atom. The van der Waals surface area contributed by atoms with Gasteiger partial charge in [0.1, 0.15) is 13.2 Å². The molecule has 0 saturated heterocycles. The van der Waals surface area contributed by atoms with Gasteiger partial charge in [-0.2, -0.15) is 0 Å². The van der Waals surface area contributed by atoms with Crippen LogP contribution in [0.3, 0.4) is 0 Å². The summed E-state index contributed by atoms with van der Waals surface area (Å²) in [6.07, 6.45) is 0.708. The molecule has 1 heterocycles. The fraction of sp³-hybridized carbons (Fsp3) is 0.417. The van der Waals surface area contributed by atoms with E-state index in [2.05, 4.69) is 15.9 Å². The lowest BCUT2D eigenvalue weighted by atomic mass is 9.99. The van der Waals surface area contributed by atoms with Crippen LogP contribution in [-0.2, 0) is 6.42 Å². The van der Waals surface area contributed by atoms with Crippen LogP contribution in [0.25, 0.3) is 0 Å². The highest BCUT2D eigenvalue weighted by Crippen LogP contribution is 2.42. The molecule has 0 spiro atoms. The Bertz CT molecular complexity index is 460. The molecule has 1 aromatic rings. The van der Waals surface area contributed by atoms with E-state index in [4.69, 9.17) is 15.2 Å². The van der Waals surface area contributed by atoms with Gasteiger partial charge in [-0.25, -0.2) is 0 Å². The Hall–Kier alpha value is -1.07. The maximum atomic E-state index is 11.8. The van der Waals surface area contributed by atoms with E-state index in [1.165, 1.54) is 0 Å². The number of carbonyl (C=O) groups excluding carboxylic acids is 1. The Labute approximate surface area is 108 Å². The first-order valence-corrected chi connectivity index (χ1v) is 6.32. The molecular weight excluding hydrogens is 286 g/mol. The first kappa shape index (κ1) is 12.4. The summed E-state index contributed by atoms with van der Waals surface area (Å²) >= 11 is 3.40. The molecule has 0 atom stereocenters. The van der Waals surface area contributed by atoms with Gasteiger partial charge in [0.25, 0.3) is 0 Å². The van der Waals surface area contributed by atoms with Crippen LogP contribution in [0.4, 0.5) is 0 Å². The predicted octanol–water partition coefficient (Wildman–Crippen LogP) is 1.92. The highest BCUT2D eigenvalue weighted by Gasteiger charge is 2.23. The number of benzene rings is 1. The maximum absolute atomic E-state index is 11.8. The third-order valence-corrected chi connectivity index (χ3v) is 3.30. The molecule has 0 amide bonds. The molecule has 4 nitrogen and oxygen atoms in total. The molecule has 0 fully saturated rings. The summed E-state index contributed by atoms with van der Waals surface area (Å²) in [4.78, 5) is 11.8. The fourth-order valence-electron chi connectivity index (χ4n) is 1.93. The van der Waals surface area contributed by atoms with Crippen LogP contribution >= 0.6 is 15.9 Å². The maximum Gasteiger partial charge on any atom is 0.176 e. The van der Waals surface area contributed by atoms with Gasteiger partial charge < -0.3 is 15.2 Å². The molecule has 0 aliphatic carbocycles. The van der Waals surface area contributed by atoms with Gasteiger partial charge in [0.15, 0.2) is 17.3 Å². The lowest BCUT2D eigenvalue weighted by molar-refractivity contribution is 0.0998. The first-order valence-electron chi connectivity index (χ1n) is 5.53. The molecule has 0 bridgehead atoms. The Morgan fingerprint density at radius 3 is 2.65 bits per heavy atom. The molecule has 0 unspecified atom stereocenters. The SMILES string of the molecule is CCc1c(C(=O)CN)cc(Br)c2c1OCCO2. The Kier molecular flexibility index (Phi) is 3.69. The Morgan fingerprint density at radius 2 is 2.06 bits per heavy atom. The van der Waals surface area contributed by atoms with Crippen molar-refractivity contribution in [3.05, 3.63) is 21.7 Å². The monoisotopic (exact) mass is 299 g/mol. The minimum absolute atomic E-state index is 0.000909. The zero-order chi connectivity index (χ0) is 12.4. The summed E-state index contributed by atoms with van der Waals surface area (Å²) in [5.74, 6) is 1.27. The van der Waals surface area contributed by atoms with Gasteiger partial charge in [0.2, 0.25) is 0 Å². The molecule has 1 aromatic carbocycles. The summed E-state index contributed by atoms with van der Waals surface area (Å²) < 4.78 is 11.9. The van der Waals surface area contributed by atoms with Crippen molar-refractivity contribution in [2.45, 2.75) is 13.3 Å². The summed E-state index contributed by atoms with van der Waals surface area (Å²) in [5, 5.41) is 0. The lowest BCUT2D eigenvalue weighted by Crippen LogP contribution is -2.20. The molecule has 92 valence electrons. The molecule has 0 aromatic heterocycles. The first-order chi connectivity index (χ1) is 8.19. The van der Waals surface area contributed by atoms with Crippen LogP contribution < -0.4 is 15.2 Å². The fourth-order valence-corrected chi connectivity index (χ4v) is 2.46. The number of rotatable bonds is 3. The average Bonchev–Trinajstić information content (AvgIpc) is 2.38. The van der Waals surface area contributed by atoms with Crippen molar-refractivity contribution < 1.29 is 14.3 Å². The number of hydrogen-bond acceptors (Lipinski definition) is 4. The molecule has 0 saturated carbocycles. The van der Waals surface area contributed by atoms with Crippen molar-refractivity contribution in [2.75, 3.05) is 19.8 Å². The van der Waals surface area contributed by atoms with E-state index in [0.29, 0.717) is 36.7 Å². The summed E-state index contributed by atoms with van der Waals surface area (Å²) in [6.45, 7) is 3.01. The van der Waals surface area contributed by atoms with Crippen LogP contribution in [0.5, 0.6) is 11.5 Å². The van der Waals surface area contributed by atoms with Gasteiger partial charge in [-0.15, -0.1) is 0 Å². The molecular formula is C12H14BrNO3. The van der Waals surface area contributed by atoms with Crippen LogP contribution in [-0.4, -0.2) is 25.5 Å². The van der Waals surface area contributed by atoms with Gasteiger partial charge >= 0.3 is 0 Å². The normalized spacial score (nSPS) is 13.6. The summed E-state index contributed by atoms with van der Waals surface area (Å²) in [5.41, 5.74) is 6.91. The van der Waals surface area contributed by atoms with E-state index in [1.54, 1.807) is 6.07 Å². The third-order valence-electron chi connectivity index (χ3n) is 2.71. The molecule has 2 rings (SSSR count). The second-order valence-corrected chi connectivity index (χ2v) is 4.57. The minimum Gasteiger partial charge on any atom is -0.486 e. The van der Waals surface area contributed by atoms with E-state index in [1.807, 2.05) is 6.92 Å². The summed E-state index contributed by atoms with van der Waals surface area (Å²) in [6, 6.07) is 1.77. The number of fused-ring (bicyclic) bond motifs is 1. The molecule has 0 radical (unpaired) electrons. The van der Waals surface area contributed by atoms with E-state index < -0.39 is 0 Å². The number of ether oxygens (including phenoxy) is 2. The smallest absolute Gasteiger partial charge is 0.176 e. The van der Waals surface area contributed by atoms with Crippen LogP contribution in [0, 0.1) is 0 Å². The predicted molar refractivity (Wildman–Crippen MR) is 67.9 cm³/mol. The molecule has 17 heavy (non-hydrogen) atoms. The zero-order valence-electron chi connectivity index (χ0n) is 9.59. The number of halogens is 1. The van der Waals surface area contributed by atoms with E-state index in [-0.39, 0.29) is 12.3 Å². The van der Waals surface area contributed by atoms with E-state index in [9.17, 15) is 4.79 Å². The number of ketones is 1. The largest absolute Gasteiger partial charge is 0.486 e. The molecule has 1 aliphatic heterocycles. The average molecular weight is 300 g/mol. The number of nitrogens with two attached hydrogens (primary N) is 1. The van der Waals surface area contributed by atoms with Crippen LogP contribution in [0.2, 0.25) is 0 Å². The van der Waals surface area contributed by atoms with Gasteiger partial charge in [-0.3, -0.25) is 4.79 Å². The minimum atomic E-state index is -0.0838. The molecule has 2 N–H and O–H groups in total. The van der Waals surface area contributed by atoms with Gasteiger partial charge in [-0.05, 0) is 28.4 Å². The van der Waals surface area contributed by atoms with E-state index in [0.717, 1.165) is 10.0 Å². The third kappa shape index (κ3) is 2.17. The topological polar surface area (TPSA) is 61.6 Å². The number of hydrogen-bond donors (Lipinski definition) is 1. The van der Waals surface area contributed by atoms with Crippen molar-refractivity contribution in [2.24, 2.45) is 5.73 Å². The number of carbonyl (C=O) groups is 1. The van der Waals surface area contributed by atoms with Crippen LogP contribution in [0.15, 0.2) is 10.5 Å². The zero-order valence-corrected chi connectivity index (χ0v) is 11.2. The standard InChI is InChI=1S/C12H14BrNO3/c1-2-7-8(10(15)6-14)5-9(13)12-11(7)16-3-4-17-12/h5H,2-4,6,14H2,1H3. The Balaban J connectivity index is 2.61. The number of Topliss-reactive ketones (excluding diaryl/α,β-unsaturated/α-hetero) is 1. The van der Waals surface area contributed by atoms with Gasteiger partial charge in [0.05, 0.1) is 11.0 Å². The second-order valence-electron chi connectivity index (χ2n) is 3.72. The van der Waals surface area contributed by atoms with Crippen molar-refractivity contribution >= 4 is 21.7 Å². The van der Waals surface area contributed by atoms with E-state index >= 15 is 0 Å². The molecule has 1 aliphatic rings.